The Morgan fingerprint density at radius 1 is 1.40 bits per heavy atom. The Bertz CT molecular complexity index is 761. The normalized spacial score (nSPS) is 11.9. The van der Waals surface area contributed by atoms with Crippen molar-refractivity contribution in [1.29, 1.82) is 0 Å². The number of nitrogens with one attached hydrogen (secondary N) is 1. The third-order valence-electron chi connectivity index (χ3n) is 2.66. The molecule has 0 aliphatic rings. The molecule has 20 heavy (non-hydrogen) atoms. The van der Waals surface area contributed by atoms with Crippen LogP contribution < -0.4 is 11.1 Å². The van der Waals surface area contributed by atoms with Crippen molar-refractivity contribution in [2.75, 3.05) is 5.32 Å². The molecule has 102 valence electrons. The van der Waals surface area contributed by atoms with Gasteiger partial charge in [-0.1, -0.05) is 22.5 Å². The molecule has 0 saturated heterocycles. The highest BCUT2D eigenvalue weighted by Gasteiger charge is 2.14. The van der Waals surface area contributed by atoms with E-state index in [-0.39, 0.29) is 24.0 Å². The Kier molecular flexibility index (Phi) is 2.88. The van der Waals surface area contributed by atoms with E-state index in [0.717, 1.165) is 11.0 Å². The second-order valence-corrected chi connectivity index (χ2v) is 3.86. The van der Waals surface area contributed by atoms with E-state index in [1.807, 2.05) is 24.3 Å². The van der Waals surface area contributed by atoms with Gasteiger partial charge in [-0.15, -0.1) is 5.10 Å². The Hall–Kier alpha value is -3.17. The summed E-state index contributed by atoms with van der Waals surface area (Å²) in [5.41, 5.74) is 7.21. The summed E-state index contributed by atoms with van der Waals surface area (Å²) in [5, 5.41) is 29.6. The first-order valence-electron chi connectivity index (χ1n) is 5.62. The predicted molar refractivity (Wildman–Crippen MR) is 68.0 cm³/mol. The standard InChI is InChI=1S/C10H10N8O2/c11-9(14-19)8-10(16-20-15-8)12-5-18-7-4-2-1-3-6(7)13-17-18/h1-4,19H,5H2,(H2,11,14)(H,12,16). The average Bonchev–Trinajstić information content (AvgIpc) is 3.11. The smallest absolute Gasteiger partial charge is 0.203 e. The lowest BCUT2D eigenvalue weighted by molar-refractivity contribution is 0.304. The van der Waals surface area contributed by atoms with E-state index in [0.29, 0.717) is 0 Å². The van der Waals surface area contributed by atoms with Gasteiger partial charge in [0, 0.05) is 0 Å². The zero-order valence-corrected chi connectivity index (χ0v) is 10.1. The number of nitrogens with two attached hydrogens (primary N) is 1. The summed E-state index contributed by atoms with van der Waals surface area (Å²) in [4.78, 5) is 0. The highest BCUT2D eigenvalue weighted by atomic mass is 16.6. The minimum atomic E-state index is -0.197. The number of aromatic nitrogens is 5. The second kappa shape index (κ2) is 4.84. The van der Waals surface area contributed by atoms with Crippen LogP contribution >= 0.6 is 0 Å². The summed E-state index contributed by atoms with van der Waals surface area (Å²) in [6, 6.07) is 7.52. The fraction of sp³-hybridized carbons (Fsp3) is 0.100. The number of anilines is 1. The van der Waals surface area contributed by atoms with E-state index < -0.39 is 0 Å². The molecule has 2 aromatic heterocycles. The molecule has 2 heterocycles. The molecule has 10 heteroatoms. The molecule has 1 aromatic carbocycles. The van der Waals surface area contributed by atoms with Crippen LogP contribution in [0.5, 0.6) is 0 Å². The number of benzene rings is 1. The Labute approximate surface area is 111 Å². The number of nitrogens with zero attached hydrogens (tertiary/aromatic N) is 6. The minimum Gasteiger partial charge on any atom is -0.409 e. The highest BCUT2D eigenvalue weighted by molar-refractivity contribution is 5.99. The highest BCUT2D eigenvalue weighted by Crippen LogP contribution is 2.12. The Balaban J connectivity index is 1.82. The number of hydrogen-bond donors (Lipinski definition) is 3. The molecule has 0 unspecified atom stereocenters. The van der Waals surface area contributed by atoms with Gasteiger partial charge >= 0.3 is 0 Å². The molecule has 10 nitrogen and oxygen atoms in total. The molecule has 3 aromatic rings. The number of para-hydroxylation sites is 1. The van der Waals surface area contributed by atoms with Crippen molar-refractivity contribution in [2.24, 2.45) is 10.9 Å². The number of oxime groups is 1. The molecular weight excluding hydrogens is 264 g/mol. The molecular formula is C10H10N8O2. The zero-order valence-electron chi connectivity index (χ0n) is 10.1. The molecule has 0 spiro atoms. The van der Waals surface area contributed by atoms with Crippen molar-refractivity contribution >= 4 is 22.7 Å². The summed E-state index contributed by atoms with van der Waals surface area (Å²) in [6.07, 6.45) is 0. The van der Waals surface area contributed by atoms with Crippen molar-refractivity contribution in [2.45, 2.75) is 6.67 Å². The summed E-state index contributed by atoms with van der Waals surface area (Å²) < 4.78 is 6.19. The summed E-state index contributed by atoms with van der Waals surface area (Å²) in [7, 11) is 0. The van der Waals surface area contributed by atoms with Crippen molar-refractivity contribution in [1.82, 2.24) is 25.3 Å². The van der Waals surface area contributed by atoms with Gasteiger partial charge in [0.1, 0.15) is 12.2 Å². The molecule has 3 rings (SSSR count). The van der Waals surface area contributed by atoms with Crippen molar-refractivity contribution in [3.05, 3.63) is 30.0 Å². The first-order valence-corrected chi connectivity index (χ1v) is 5.62. The van der Waals surface area contributed by atoms with Crippen LogP contribution in [0.15, 0.2) is 34.1 Å². The molecule has 0 fully saturated rings. The summed E-state index contributed by atoms with van der Waals surface area (Å²) in [6.45, 7) is 0.278. The van der Waals surface area contributed by atoms with Gasteiger partial charge in [0.2, 0.25) is 5.82 Å². The van der Waals surface area contributed by atoms with Crippen LogP contribution in [-0.4, -0.2) is 36.4 Å². The maximum atomic E-state index is 8.62. The Morgan fingerprint density at radius 2 is 2.25 bits per heavy atom. The van der Waals surface area contributed by atoms with Gasteiger partial charge in [-0.25, -0.2) is 9.31 Å². The van der Waals surface area contributed by atoms with Crippen LogP contribution in [0.2, 0.25) is 0 Å². The molecule has 4 N–H and O–H groups in total. The monoisotopic (exact) mass is 274 g/mol. The van der Waals surface area contributed by atoms with Gasteiger partial charge < -0.3 is 16.3 Å². The number of rotatable bonds is 4. The zero-order chi connectivity index (χ0) is 13.9. The first kappa shape index (κ1) is 11.9. The molecule has 0 aliphatic heterocycles. The molecule has 0 atom stereocenters. The van der Waals surface area contributed by atoms with E-state index in [1.54, 1.807) is 4.68 Å². The maximum absolute atomic E-state index is 8.62. The van der Waals surface area contributed by atoms with Crippen LogP contribution in [0.3, 0.4) is 0 Å². The van der Waals surface area contributed by atoms with Gasteiger partial charge in [0.15, 0.2) is 11.5 Å². The summed E-state index contributed by atoms with van der Waals surface area (Å²) >= 11 is 0. The third kappa shape index (κ3) is 1.98. The second-order valence-electron chi connectivity index (χ2n) is 3.86. The van der Waals surface area contributed by atoms with Gasteiger partial charge in [0.25, 0.3) is 0 Å². The van der Waals surface area contributed by atoms with Crippen LogP contribution in [0.4, 0.5) is 5.82 Å². The lowest BCUT2D eigenvalue weighted by Crippen LogP contribution is -2.17. The van der Waals surface area contributed by atoms with E-state index in [1.165, 1.54) is 0 Å². The topological polar surface area (TPSA) is 140 Å². The largest absolute Gasteiger partial charge is 0.409 e. The Morgan fingerprint density at radius 3 is 3.10 bits per heavy atom. The number of fused-ring (bicyclic) bond motifs is 1. The molecule has 0 saturated carbocycles. The van der Waals surface area contributed by atoms with E-state index >= 15 is 0 Å². The SMILES string of the molecule is NC(=NO)c1nonc1NCn1nnc2ccccc21. The van der Waals surface area contributed by atoms with Crippen LogP contribution in [0, 0.1) is 0 Å². The van der Waals surface area contributed by atoms with Crippen molar-refractivity contribution in [3.63, 3.8) is 0 Å². The molecule has 0 aliphatic carbocycles. The van der Waals surface area contributed by atoms with E-state index in [2.05, 4.69) is 35.7 Å². The van der Waals surface area contributed by atoms with Crippen molar-refractivity contribution < 1.29 is 9.84 Å². The molecule has 0 bridgehead atoms. The minimum absolute atomic E-state index is 0.122. The predicted octanol–water partition coefficient (Wildman–Crippen LogP) is -0.0216. The quantitative estimate of drug-likeness (QED) is 0.261. The lowest BCUT2D eigenvalue weighted by Gasteiger charge is -2.03. The van der Waals surface area contributed by atoms with Crippen LogP contribution in [-0.2, 0) is 6.67 Å². The van der Waals surface area contributed by atoms with E-state index in [9.17, 15) is 0 Å². The van der Waals surface area contributed by atoms with Gasteiger partial charge in [-0.2, -0.15) is 0 Å². The van der Waals surface area contributed by atoms with Crippen molar-refractivity contribution in [3.8, 4) is 0 Å². The van der Waals surface area contributed by atoms with Gasteiger partial charge in [-0.3, -0.25) is 0 Å². The number of amidine groups is 1. The average molecular weight is 274 g/mol. The van der Waals surface area contributed by atoms with Crippen LogP contribution in [0.1, 0.15) is 5.69 Å². The van der Waals surface area contributed by atoms with Gasteiger partial charge in [0.05, 0.1) is 5.52 Å². The summed E-state index contributed by atoms with van der Waals surface area (Å²) in [5.74, 6) is 0.0529. The molecule has 0 radical (unpaired) electrons. The lowest BCUT2D eigenvalue weighted by atomic mass is 10.3. The fourth-order valence-electron chi connectivity index (χ4n) is 1.70. The van der Waals surface area contributed by atoms with Gasteiger partial charge in [-0.05, 0) is 22.4 Å². The third-order valence-corrected chi connectivity index (χ3v) is 2.66. The number of hydrogen-bond acceptors (Lipinski definition) is 8. The fourth-order valence-corrected chi connectivity index (χ4v) is 1.70. The van der Waals surface area contributed by atoms with Crippen LogP contribution in [0.25, 0.3) is 11.0 Å². The first-order chi connectivity index (χ1) is 9.79. The molecule has 0 amide bonds. The maximum Gasteiger partial charge on any atom is 0.203 e. The van der Waals surface area contributed by atoms with E-state index in [4.69, 9.17) is 10.9 Å².